The molecule has 0 atom stereocenters. The van der Waals surface area contributed by atoms with Gasteiger partial charge in [0, 0.05) is 17.8 Å². The van der Waals surface area contributed by atoms with Gasteiger partial charge in [0.25, 0.3) is 0 Å². The van der Waals surface area contributed by atoms with E-state index in [1.54, 1.807) is 18.2 Å². The van der Waals surface area contributed by atoms with Gasteiger partial charge >= 0.3 is 6.09 Å². The van der Waals surface area contributed by atoms with Crippen LogP contribution in [0.25, 0.3) is 0 Å². The number of hydrogen-bond donors (Lipinski definition) is 2. The van der Waals surface area contributed by atoms with E-state index in [1.165, 1.54) is 7.11 Å². The maximum absolute atomic E-state index is 11.0. The van der Waals surface area contributed by atoms with E-state index in [2.05, 4.69) is 10.1 Å². The van der Waals surface area contributed by atoms with Crippen LogP contribution in [0.3, 0.4) is 0 Å². The van der Waals surface area contributed by atoms with Crippen molar-refractivity contribution in [2.45, 2.75) is 13.5 Å². The molecule has 16 heavy (non-hydrogen) atoms. The molecule has 0 aliphatic carbocycles. The van der Waals surface area contributed by atoms with Crippen LogP contribution in [0.4, 0.5) is 10.5 Å². The fourth-order valence-electron chi connectivity index (χ4n) is 1.28. The fraction of sp³-hybridized carbons (Fsp3) is 0.364. The van der Waals surface area contributed by atoms with Gasteiger partial charge < -0.3 is 15.2 Å². The van der Waals surface area contributed by atoms with E-state index in [0.717, 1.165) is 11.3 Å². The maximum atomic E-state index is 11.0. The predicted octanol–water partition coefficient (Wildman–Crippen LogP) is 1.72. The Balaban J connectivity index is 2.86. The molecule has 0 aliphatic rings. The van der Waals surface area contributed by atoms with Crippen molar-refractivity contribution in [2.75, 3.05) is 19.0 Å². The summed E-state index contributed by atoms with van der Waals surface area (Å²) in [6.45, 7) is 2.84. The third kappa shape index (κ3) is 3.13. The Kier molecular flexibility index (Phi) is 4.60. The first kappa shape index (κ1) is 12.3. The number of carbonyl (C=O) groups excluding carboxylic acids is 1. The first-order valence-electron chi connectivity index (χ1n) is 5.02. The minimum Gasteiger partial charge on any atom is -0.494 e. The molecule has 0 saturated carbocycles. The monoisotopic (exact) mass is 224 g/mol. The molecule has 0 aromatic heterocycles. The molecule has 0 saturated heterocycles. The van der Waals surface area contributed by atoms with Gasteiger partial charge in [0.15, 0.2) is 0 Å². The lowest BCUT2D eigenvalue weighted by atomic mass is 10.2. The first-order chi connectivity index (χ1) is 7.71. The van der Waals surface area contributed by atoms with Gasteiger partial charge in [-0.3, -0.25) is 5.32 Å². The third-order valence-corrected chi connectivity index (χ3v) is 2.01. The van der Waals surface area contributed by atoms with Crippen molar-refractivity contribution in [3.8, 4) is 5.75 Å². The average Bonchev–Trinajstić information content (AvgIpc) is 2.31. The van der Waals surface area contributed by atoms with Crippen LogP contribution in [0, 0.1) is 0 Å². The second-order valence-electron chi connectivity index (χ2n) is 3.08. The Bertz CT molecular complexity index is 366. The number of carbonyl (C=O) groups is 1. The molecule has 0 spiro atoms. The predicted molar refractivity (Wildman–Crippen MR) is 61.5 cm³/mol. The molecule has 0 heterocycles. The van der Waals surface area contributed by atoms with Gasteiger partial charge in [-0.15, -0.1) is 0 Å². The average molecular weight is 224 g/mol. The van der Waals surface area contributed by atoms with Crippen molar-refractivity contribution in [3.05, 3.63) is 23.8 Å². The highest BCUT2D eigenvalue weighted by atomic mass is 16.5. The van der Waals surface area contributed by atoms with Crippen molar-refractivity contribution < 1.29 is 14.3 Å². The Labute approximate surface area is 94.5 Å². The molecule has 1 amide bonds. The van der Waals surface area contributed by atoms with E-state index in [-0.39, 0.29) is 0 Å². The summed E-state index contributed by atoms with van der Waals surface area (Å²) in [5, 5.41) is 2.56. The molecule has 5 heteroatoms. The van der Waals surface area contributed by atoms with Crippen LogP contribution in [0.2, 0.25) is 0 Å². The summed E-state index contributed by atoms with van der Waals surface area (Å²) in [5.74, 6) is 0.736. The number of nitrogens with one attached hydrogen (secondary N) is 1. The topological polar surface area (TPSA) is 73.6 Å². The van der Waals surface area contributed by atoms with Gasteiger partial charge in [-0.2, -0.15) is 0 Å². The number of rotatable bonds is 4. The van der Waals surface area contributed by atoms with Crippen LogP contribution in [0.15, 0.2) is 18.2 Å². The molecule has 5 nitrogen and oxygen atoms in total. The minimum atomic E-state index is -0.507. The summed E-state index contributed by atoms with van der Waals surface area (Å²) in [6, 6.07) is 5.28. The van der Waals surface area contributed by atoms with Gasteiger partial charge in [0.2, 0.25) is 0 Å². The van der Waals surface area contributed by atoms with E-state index in [9.17, 15) is 4.79 Å². The number of nitrogens with two attached hydrogens (primary N) is 1. The van der Waals surface area contributed by atoms with E-state index in [0.29, 0.717) is 18.8 Å². The lowest BCUT2D eigenvalue weighted by molar-refractivity contribution is 0.187. The van der Waals surface area contributed by atoms with Crippen LogP contribution in [0.5, 0.6) is 5.75 Å². The third-order valence-electron chi connectivity index (χ3n) is 2.01. The lowest BCUT2D eigenvalue weighted by Crippen LogP contribution is -2.11. The smallest absolute Gasteiger partial charge is 0.411 e. The number of anilines is 1. The van der Waals surface area contributed by atoms with E-state index in [1.807, 2.05) is 6.92 Å². The van der Waals surface area contributed by atoms with Crippen LogP contribution in [0.1, 0.15) is 12.5 Å². The van der Waals surface area contributed by atoms with Crippen LogP contribution in [-0.4, -0.2) is 19.8 Å². The molecule has 0 aliphatic heterocycles. The van der Waals surface area contributed by atoms with Crippen LogP contribution in [-0.2, 0) is 11.3 Å². The number of ether oxygens (including phenoxy) is 2. The van der Waals surface area contributed by atoms with Crippen molar-refractivity contribution in [1.29, 1.82) is 0 Å². The Morgan fingerprint density at radius 1 is 1.50 bits per heavy atom. The van der Waals surface area contributed by atoms with Gasteiger partial charge in [-0.05, 0) is 25.1 Å². The molecule has 0 unspecified atom stereocenters. The molecule has 1 aromatic carbocycles. The van der Waals surface area contributed by atoms with E-state index >= 15 is 0 Å². The number of amides is 1. The molecule has 0 radical (unpaired) electrons. The maximum Gasteiger partial charge on any atom is 0.411 e. The molecular formula is C11H16N2O3. The normalized spacial score (nSPS) is 9.69. The SMILES string of the molecule is CCOc1ccc(NC(=O)OC)cc1CN. The Morgan fingerprint density at radius 2 is 2.25 bits per heavy atom. The molecule has 0 fully saturated rings. The van der Waals surface area contributed by atoms with Gasteiger partial charge in [0.05, 0.1) is 13.7 Å². The highest BCUT2D eigenvalue weighted by Gasteiger charge is 2.05. The summed E-state index contributed by atoms with van der Waals surface area (Å²) in [4.78, 5) is 11.0. The summed E-state index contributed by atoms with van der Waals surface area (Å²) >= 11 is 0. The fourth-order valence-corrected chi connectivity index (χ4v) is 1.28. The molecule has 1 rings (SSSR count). The second kappa shape index (κ2) is 5.97. The number of hydrogen-bond acceptors (Lipinski definition) is 4. The Morgan fingerprint density at radius 3 is 2.81 bits per heavy atom. The van der Waals surface area contributed by atoms with Gasteiger partial charge in [-0.1, -0.05) is 0 Å². The number of methoxy groups -OCH3 is 1. The van der Waals surface area contributed by atoms with Gasteiger partial charge in [-0.25, -0.2) is 4.79 Å². The highest BCUT2D eigenvalue weighted by molar-refractivity contribution is 5.84. The molecule has 1 aromatic rings. The highest BCUT2D eigenvalue weighted by Crippen LogP contribution is 2.22. The van der Waals surface area contributed by atoms with Crippen molar-refractivity contribution >= 4 is 11.8 Å². The van der Waals surface area contributed by atoms with Gasteiger partial charge in [0.1, 0.15) is 5.75 Å². The van der Waals surface area contributed by atoms with Crippen molar-refractivity contribution in [3.63, 3.8) is 0 Å². The Hall–Kier alpha value is -1.75. The second-order valence-corrected chi connectivity index (χ2v) is 3.08. The zero-order chi connectivity index (χ0) is 12.0. The largest absolute Gasteiger partial charge is 0.494 e. The first-order valence-corrected chi connectivity index (χ1v) is 5.02. The van der Waals surface area contributed by atoms with Crippen molar-refractivity contribution in [1.82, 2.24) is 0 Å². The molecule has 88 valence electrons. The van der Waals surface area contributed by atoms with Crippen LogP contribution >= 0.6 is 0 Å². The zero-order valence-electron chi connectivity index (χ0n) is 9.45. The molecule has 0 bridgehead atoms. The van der Waals surface area contributed by atoms with Crippen molar-refractivity contribution in [2.24, 2.45) is 5.73 Å². The lowest BCUT2D eigenvalue weighted by Gasteiger charge is -2.11. The zero-order valence-corrected chi connectivity index (χ0v) is 9.45. The quantitative estimate of drug-likeness (QED) is 0.816. The summed E-state index contributed by atoms with van der Waals surface area (Å²) in [6.07, 6.45) is -0.507. The summed E-state index contributed by atoms with van der Waals surface area (Å²) in [5.41, 5.74) is 7.07. The standard InChI is InChI=1S/C11H16N2O3/c1-3-16-10-5-4-9(6-8(10)7-12)13-11(14)15-2/h4-6H,3,7,12H2,1-2H3,(H,13,14). The summed E-state index contributed by atoms with van der Waals surface area (Å²) in [7, 11) is 1.31. The molecule has 3 N–H and O–H groups in total. The number of benzene rings is 1. The van der Waals surface area contributed by atoms with Crippen LogP contribution < -0.4 is 15.8 Å². The summed E-state index contributed by atoms with van der Waals surface area (Å²) < 4.78 is 9.88. The van der Waals surface area contributed by atoms with E-state index in [4.69, 9.17) is 10.5 Å². The minimum absolute atomic E-state index is 0.353. The molecular weight excluding hydrogens is 208 g/mol. The van der Waals surface area contributed by atoms with E-state index < -0.39 is 6.09 Å².